The number of hydrogen-bond acceptors (Lipinski definition) is 6. The predicted octanol–water partition coefficient (Wildman–Crippen LogP) is 2.66. The largest absolute Gasteiger partial charge is 0.394 e. The number of carbonyl (C=O) groups excluding carboxylic acids is 1. The van der Waals surface area contributed by atoms with E-state index in [2.05, 4.69) is 47.2 Å². The molecule has 0 bridgehead atoms. The normalized spacial score (nSPS) is 16.2. The monoisotopic (exact) mass is 461 g/mol. The molecule has 1 amide bonds. The Hall–Kier alpha value is -3.67. The maximum absolute atomic E-state index is 12.8. The Kier molecular flexibility index (Phi) is 8.79. The number of amides is 1. The summed E-state index contributed by atoms with van der Waals surface area (Å²) in [5.41, 5.74) is 2.13. The molecule has 2 aromatic rings. The molecule has 3 rings (SSSR count). The summed E-state index contributed by atoms with van der Waals surface area (Å²) >= 11 is 0. The van der Waals surface area contributed by atoms with E-state index < -0.39 is 6.10 Å². The van der Waals surface area contributed by atoms with Gasteiger partial charge in [-0.3, -0.25) is 4.79 Å². The number of likely N-dealkylation sites (N-methyl/N-ethyl adjacent to an activating group) is 1. The van der Waals surface area contributed by atoms with Crippen LogP contribution >= 0.6 is 0 Å². The van der Waals surface area contributed by atoms with Crippen molar-refractivity contribution < 1.29 is 14.7 Å². The number of carbonyl (C=O) groups is 1. The van der Waals surface area contributed by atoms with Crippen LogP contribution in [0, 0.1) is 11.8 Å². The molecule has 8 heteroatoms. The Bertz CT molecular complexity index is 1080. The van der Waals surface area contributed by atoms with E-state index in [-0.39, 0.29) is 18.6 Å². The van der Waals surface area contributed by atoms with Crippen molar-refractivity contribution in [1.82, 2.24) is 19.4 Å². The second-order valence-corrected chi connectivity index (χ2v) is 8.09. The molecule has 0 aliphatic carbocycles. The maximum atomic E-state index is 12.8. The van der Waals surface area contributed by atoms with Gasteiger partial charge in [0.2, 0.25) is 0 Å². The number of nitrogens with zero attached hydrogens (tertiary/aromatic N) is 5. The molecule has 1 fully saturated rings. The molecular formula is C26H31N5O3. The van der Waals surface area contributed by atoms with Gasteiger partial charge in [-0.05, 0) is 44.3 Å². The van der Waals surface area contributed by atoms with Gasteiger partial charge in [-0.1, -0.05) is 24.5 Å². The molecule has 1 aromatic heterocycles. The van der Waals surface area contributed by atoms with E-state index in [1.54, 1.807) is 36.0 Å². The standard InChI is InChI=1S/C26H31N5O3/c1-5-6-22(24(19-34-27-3)31-14-13-28-25(31)20(2)32)10-7-21-8-11-23(12-9-21)26(33)30-17-15-29(4)16-18-30/h5-6,8-9,11-14,20,24,32H,1,3,15-19H2,2,4H3/b22-6-/t20-,24?/m0/s1. The lowest BCUT2D eigenvalue weighted by atomic mass is 10.1. The molecule has 1 saturated heterocycles. The molecule has 34 heavy (non-hydrogen) atoms. The quantitative estimate of drug-likeness (QED) is 0.283. The zero-order valence-electron chi connectivity index (χ0n) is 19.7. The van der Waals surface area contributed by atoms with Crippen molar-refractivity contribution in [3.05, 3.63) is 77.9 Å². The molecule has 2 heterocycles. The highest BCUT2D eigenvalue weighted by Crippen LogP contribution is 2.23. The maximum Gasteiger partial charge on any atom is 0.253 e. The van der Waals surface area contributed by atoms with Crippen molar-refractivity contribution in [3.8, 4) is 11.8 Å². The van der Waals surface area contributed by atoms with E-state index in [0.29, 0.717) is 17.0 Å². The lowest BCUT2D eigenvalue weighted by molar-refractivity contribution is 0.0664. The average molecular weight is 462 g/mol. The zero-order chi connectivity index (χ0) is 24.5. The third kappa shape index (κ3) is 6.22. The minimum Gasteiger partial charge on any atom is -0.394 e. The molecule has 0 spiro atoms. The molecule has 0 radical (unpaired) electrons. The number of benzene rings is 1. The highest BCUT2D eigenvalue weighted by atomic mass is 16.6. The molecule has 178 valence electrons. The van der Waals surface area contributed by atoms with Gasteiger partial charge in [0.25, 0.3) is 5.91 Å². The van der Waals surface area contributed by atoms with Crippen LogP contribution in [-0.2, 0) is 4.84 Å². The van der Waals surface area contributed by atoms with Gasteiger partial charge in [-0.15, -0.1) is 5.16 Å². The SMILES string of the molecule is C=C/C=C(/C#Cc1ccc(C(=O)N2CCN(C)CC2)cc1)C(CON=C)n1ccnc1[C@H](C)O. The molecule has 8 nitrogen and oxygen atoms in total. The van der Waals surface area contributed by atoms with Gasteiger partial charge in [0.15, 0.2) is 0 Å². The Morgan fingerprint density at radius 2 is 2.00 bits per heavy atom. The van der Waals surface area contributed by atoms with E-state index in [1.807, 2.05) is 29.2 Å². The van der Waals surface area contributed by atoms with Crippen molar-refractivity contribution in [2.45, 2.75) is 19.1 Å². The molecule has 1 unspecified atom stereocenters. The molecule has 1 aliphatic rings. The van der Waals surface area contributed by atoms with Gasteiger partial charge in [-0.25, -0.2) is 4.98 Å². The summed E-state index contributed by atoms with van der Waals surface area (Å²) in [7, 11) is 2.06. The smallest absolute Gasteiger partial charge is 0.253 e. The Morgan fingerprint density at radius 3 is 2.62 bits per heavy atom. The number of imidazole rings is 1. The van der Waals surface area contributed by atoms with E-state index in [4.69, 9.17) is 4.84 Å². The van der Waals surface area contributed by atoms with E-state index in [0.717, 1.165) is 31.7 Å². The molecule has 2 atom stereocenters. The van der Waals surface area contributed by atoms with Gasteiger partial charge in [0.05, 0.1) is 0 Å². The first-order valence-corrected chi connectivity index (χ1v) is 11.2. The first kappa shape index (κ1) is 25.0. The summed E-state index contributed by atoms with van der Waals surface area (Å²) in [6, 6.07) is 6.92. The number of hydrogen-bond donors (Lipinski definition) is 1. The second kappa shape index (κ2) is 12.0. The van der Waals surface area contributed by atoms with Crippen LogP contribution in [0.1, 0.15) is 40.8 Å². The Balaban J connectivity index is 1.82. The van der Waals surface area contributed by atoms with Crippen LogP contribution in [0.3, 0.4) is 0 Å². The van der Waals surface area contributed by atoms with Crippen LogP contribution in [0.2, 0.25) is 0 Å². The third-order valence-corrected chi connectivity index (χ3v) is 5.66. The molecule has 0 saturated carbocycles. The Labute approximate surface area is 200 Å². The second-order valence-electron chi connectivity index (χ2n) is 8.09. The minimum absolute atomic E-state index is 0.0414. The van der Waals surface area contributed by atoms with Crippen LogP contribution in [-0.4, -0.2) is 76.9 Å². The number of aromatic nitrogens is 2. The third-order valence-electron chi connectivity index (χ3n) is 5.66. The van der Waals surface area contributed by atoms with Crippen molar-refractivity contribution in [2.75, 3.05) is 39.8 Å². The van der Waals surface area contributed by atoms with Gasteiger partial charge in [0, 0.05) is 62.0 Å². The first-order chi connectivity index (χ1) is 16.4. The van der Waals surface area contributed by atoms with Gasteiger partial charge in [0.1, 0.15) is 24.6 Å². The van der Waals surface area contributed by atoms with Gasteiger partial charge >= 0.3 is 0 Å². The highest BCUT2D eigenvalue weighted by molar-refractivity contribution is 5.94. The fourth-order valence-corrected chi connectivity index (χ4v) is 3.75. The summed E-state index contributed by atoms with van der Waals surface area (Å²) in [6.45, 7) is 12.2. The fourth-order valence-electron chi connectivity index (χ4n) is 3.75. The number of oxime groups is 1. The zero-order valence-corrected chi connectivity index (χ0v) is 19.7. The van der Waals surface area contributed by atoms with Gasteiger partial charge in [-0.2, -0.15) is 0 Å². The minimum atomic E-state index is -0.766. The number of aliphatic hydroxyl groups is 1. The number of piperazine rings is 1. The van der Waals surface area contributed by atoms with E-state index in [1.165, 1.54) is 0 Å². The average Bonchev–Trinajstić information content (AvgIpc) is 3.33. The predicted molar refractivity (Wildman–Crippen MR) is 132 cm³/mol. The van der Waals surface area contributed by atoms with Gasteiger partial charge < -0.3 is 24.3 Å². The number of allylic oxidation sites excluding steroid dienone is 2. The van der Waals surface area contributed by atoms with Crippen molar-refractivity contribution in [1.29, 1.82) is 0 Å². The Morgan fingerprint density at radius 1 is 1.29 bits per heavy atom. The molecule has 1 N–H and O–H groups in total. The number of aliphatic hydroxyl groups excluding tert-OH is 1. The van der Waals surface area contributed by atoms with E-state index >= 15 is 0 Å². The van der Waals surface area contributed by atoms with Crippen molar-refractivity contribution in [2.24, 2.45) is 5.16 Å². The topological polar surface area (TPSA) is 83.2 Å². The van der Waals surface area contributed by atoms with Crippen LogP contribution in [0.15, 0.2) is 66.1 Å². The summed E-state index contributed by atoms with van der Waals surface area (Å²) in [6.07, 6.45) is 6.05. The molecular weight excluding hydrogens is 430 g/mol. The van der Waals surface area contributed by atoms with E-state index in [9.17, 15) is 9.90 Å². The summed E-state index contributed by atoms with van der Waals surface area (Å²) in [5.74, 6) is 6.87. The highest BCUT2D eigenvalue weighted by Gasteiger charge is 2.22. The first-order valence-electron chi connectivity index (χ1n) is 11.2. The summed E-state index contributed by atoms with van der Waals surface area (Å²) < 4.78 is 1.80. The molecule has 1 aromatic carbocycles. The number of rotatable bonds is 8. The summed E-state index contributed by atoms with van der Waals surface area (Å²) in [5, 5.41) is 13.6. The van der Waals surface area contributed by atoms with Crippen LogP contribution in [0.25, 0.3) is 0 Å². The van der Waals surface area contributed by atoms with Crippen LogP contribution < -0.4 is 0 Å². The lowest BCUT2D eigenvalue weighted by Gasteiger charge is -2.32. The van der Waals surface area contributed by atoms with Crippen molar-refractivity contribution in [3.63, 3.8) is 0 Å². The lowest BCUT2D eigenvalue weighted by Crippen LogP contribution is -2.47. The molecule has 1 aliphatic heterocycles. The van der Waals surface area contributed by atoms with Crippen LogP contribution in [0.4, 0.5) is 0 Å². The summed E-state index contributed by atoms with van der Waals surface area (Å²) in [4.78, 5) is 26.4. The van der Waals surface area contributed by atoms with Crippen LogP contribution in [0.5, 0.6) is 0 Å². The van der Waals surface area contributed by atoms with Crippen molar-refractivity contribution >= 4 is 12.6 Å². The fraction of sp³-hybridized carbons (Fsp3) is 0.346.